The average molecular weight is 734 g/mol. The zero-order valence-electron chi connectivity index (χ0n) is 30.1. The molecule has 3 heterocycles. The highest BCUT2D eigenvalue weighted by Crippen LogP contribution is 2.45. The third-order valence-corrected chi connectivity index (χ3v) is 11.8. The van der Waals surface area contributed by atoms with Crippen molar-refractivity contribution in [1.82, 2.24) is 15.0 Å². The van der Waals surface area contributed by atoms with Gasteiger partial charge in [-0.15, -0.1) is 11.3 Å². The molecule has 0 spiro atoms. The fourth-order valence-electron chi connectivity index (χ4n) is 7.81. The summed E-state index contributed by atoms with van der Waals surface area (Å²) < 4.78 is 9.10. The average Bonchev–Trinajstić information content (AvgIpc) is 3.85. The van der Waals surface area contributed by atoms with Crippen molar-refractivity contribution < 1.29 is 4.42 Å². The molecule has 0 saturated carbocycles. The zero-order chi connectivity index (χ0) is 37.0. The highest BCUT2D eigenvalue weighted by molar-refractivity contribution is 7.26. The van der Waals surface area contributed by atoms with E-state index in [4.69, 9.17) is 19.4 Å². The lowest BCUT2D eigenvalue weighted by atomic mass is 9.97. The summed E-state index contributed by atoms with van der Waals surface area (Å²) in [4.78, 5) is 15.0. The minimum absolute atomic E-state index is 0.593. The second-order valence-corrected chi connectivity index (χ2v) is 15.0. The maximum atomic E-state index is 6.52. The standard InChI is InChI=1S/C51H31N3OS/c1-4-12-32(13-5-1)33-22-24-36(25-23-33)50-52-49(35-16-8-3-9-17-35)53-51(54-50)38-26-28-41-43-30-37(27-29-44(43)55-45(41)31-38)40-19-10-20-42-47-39(34-14-6-2-7-15-34)18-11-21-46(47)56-48(40)42/h1-31H. The number of hydrogen-bond acceptors (Lipinski definition) is 5. The molecule has 3 aromatic heterocycles. The molecule has 11 rings (SSSR count). The first kappa shape index (κ1) is 32.2. The van der Waals surface area contributed by atoms with Gasteiger partial charge in [-0.05, 0) is 63.7 Å². The highest BCUT2D eigenvalue weighted by atomic mass is 32.1. The predicted octanol–water partition coefficient (Wildman–Crippen LogP) is 14.1. The Bertz CT molecular complexity index is 3230. The van der Waals surface area contributed by atoms with Crippen LogP contribution in [0.1, 0.15) is 0 Å². The van der Waals surface area contributed by atoms with Gasteiger partial charge in [0, 0.05) is 47.6 Å². The molecular formula is C51H31N3OS. The van der Waals surface area contributed by atoms with Crippen molar-refractivity contribution in [2.24, 2.45) is 0 Å². The van der Waals surface area contributed by atoms with Crippen molar-refractivity contribution in [3.8, 4) is 67.5 Å². The second kappa shape index (κ2) is 13.3. The number of fused-ring (bicyclic) bond motifs is 6. The lowest BCUT2D eigenvalue weighted by Gasteiger charge is -2.09. The quantitative estimate of drug-likeness (QED) is 0.171. The summed E-state index contributed by atoms with van der Waals surface area (Å²) in [5.41, 5.74) is 11.5. The molecule has 8 aromatic carbocycles. The lowest BCUT2D eigenvalue weighted by Crippen LogP contribution is -2.00. The molecule has 5 heteroatoms. The first-order valence-electron chi connectivity index (χ1n) is 18.7. The summed E-state index contributed by atoms with van der Waals surface area (Å²) in [7, 11) is 0. The van der Waals surface area contributed by atoms with E-state index in [2.05, 4.69) is 152 Å². The summed E-state index contributed by atoms with van der Waals surface area (Å²) in [6.07, 6.45) is 0. The van der Waals surface area contributed by atoms with Crippen LogP contribution < -0.4 is 0 Å². The van der Waals surface area contributed by atoms with Gasteiger partial charge in [0.25, 0.3) is 0 Å². The molecule has 0 amide bonds. The van der Waals surface area contributed by atoms with Gasteiger partial charge in [0.1, 0.15) is 11.2 Å². The van der Waals surface area contributed by atoms with Gasteiger partial charge in [0.2, 0.25) is 0 Å². The van der Waals surface area contributed by atoms with E-state index in [0.29, 0.717) is 17.5 Å². The Hall–Kier alpha value is -7.21. The Labute approximate surface area is 327 Å². The van der Waals surface area contributed by atoms with Crippen LogP contribution in [0.15, 0.2) is 192 Å². The van der Waals surface area contributed by atoms with Gasteiger partial charge < -0.3 is 4.42 Å². The number of furan rings is 1. The number of nitrogens with zero attached hydrogens (tertiary/aromatic N) is 3. The first-order valence-corrected chi connectivity index (χ1v) is 19.5. The maximum Gasteiger partial charge on any atom is 0.164 e. The van der Waals surface area contributed by atoms with Gasteiger partial charge in [-0.3, -0.25) is 0 Å². The Kier molecular flexibility index (Phi) is 7.64. The Morgan fingerprint density at radius 1 is 0.339 bits per heavy atom. The second-order valence-electron chi connectivity index (χ2n) is 14.0. The molecule has 4 nitrogen and oxygen atoms in total. The highest BCUT2D eigenvalue weighted by Gasteiger charge is 2.18. The van der Waals surface area contributed by atoms with Crippen LogP contribution in [0.4, 0.5) is 0 Å². The van der Waals surface area contributed by atoms with Crippen LogP contribution in [0, 0.1) is 0 Å². The van der Waals surface area contributed by atoms with E-state index < -0.39 is 0 Å². The monoisotopic (exact) mass is 733 g/mol. The molecule has 56 heavy (non-hydrogen) atoms. The third kappa shape index (κ3) is 5.56. The van der Waals surface area contributed by atoms with E-state index in [0.717, 1.165) is 49.8 Å². The van der Waals surface area contributed by atoms with Gasteiger partial charge in [0.15, 0.2) is 17.5 Å². The largest absolute Gasteiger partial charge is 0.456 e. The van der Waals surface area contributed by atoms with Crippen LogP contribution in [0.5, 0.6) is 0 Å². The zero-order valence-corrected chi connectivity index (χ0v) is 30.9. The van der Waals surface area contributed by atoms with Crippen LogP contribution in [-0.4, -0.2) is 15.0 Å². The summed E-state index contributed by atoms with van der Waals surface area (Å²) in [6, 6.07) is 65.7. The fourth-order valence-corrected chi connectivity index (χ4v) is 9.07. The van der Waals surface area contributed by atoms with Crippen molar-refractivity contribution in [2.45, 2.75) is 0 Å². The smallest absolute Gasteiger partial charge is 0.164 e. The molecule has 0 N–H and O–H groups in total. The predicted molar refractivity (Wildman–Crippen MR) is 233 cm³/mol. The van der Waals surface area contributed by atoms with Gasteiger partial charge in [-0.2, -0.15) is 0 Å². The summed E-state index contributed by atoms with van der Waals surface area (Å²) >= 11 is 1.86. The molecule has 0 bridgehead atoms. The van der Waals surface area contributed by atoms with E-state index in [-0.39, 0.29) is 0 Å². The van der Waals surface area contributed by atoms with Crippen molar-refractivity contribution in [1.29, 1.82) is 0 Å². The van der Waals surface area contributed by atoms with E-state index in [1.165, 1.54) is 42.4 Å². The molecule has 0 aliphatic heterocycles. The van der Waals surface area contributed by atoms with Gasteiger partial charge in [-0.25, -0.2) is 15.0 Å². The van der Waals surface area contributed by atoms with Gasteiger partial charge in [0.05, 0.1) is 0 Å². The first-order chi connectivity index (χ1) is 27.7. The van der Waals surface area contributed by atoms with Gasteiger partial charge >= 0.3 is 0 Å². The van der Waals surface area contributed by atoms with E-state index >= 15 is 0 Å². The molecule has 0 atom stereocenters. The van der Waals surface area contributed by atoms with Crippen molar-refractivity contribution in [2.75, 3.05) is 0 Å². The van der Waals surface area contributed by atoms with E-state index in [9.17, 15) is 0 Å². The van der Waals surface area contributed by atoms with E-state index in [1.807, 2.05) is 47.7 Å². The molecule has 0 unspecified atom stereocenters. The molecule has 262 valence electrons. The summed E-state index contributed by atoms with van der Waals surface area (Å²) in [6.45, 7) is 0. The van der Waals surface area contributed by atoms with Crippen molar-refractivity contribution >= 4 is 53.4 Å². The van der Waals surface area contributed by atoms with Crippen molar-refractivity contribution in [3.63, 3.8) is 0 Å². The maximum absolute atomic E-state index is 6.52. The molecule has 0 radical (unpaired) electrons. The summed E-state index contributed by atoms with van der Waals surface area (Å²) in [5.74, 6) is 1.84. The SMILES string of the molecule is c1ccc(-c2ccc(-c3nc(-c4ccccc4)nc(-c4ccc5c(c4)oc4ccc(-c6cccc7c6sc6cccc(-c8ccccc8)c67)cc45)n3)cc2)cc1. The minimum Gasteiger partial charge on any atom is -0.456 e. The van der Waals surface area contributed by atoms with Crippen LogP contribution in [0.2, 0.25) is 0 Å². The fraction of sp³-hybridized carbons (Fsp3) is 0. The number of aromatic nitrogens is 3. The third-order valence-electron chi connectivity index (χ3n) is 10.6. The molecule has 0 aliphatic carbocycles. The van der Waals surface area contributed by atoms with Crippen LogP contribution >= 0.6 is 11.3 Å². The normalized spacial score (nSPS) is 11.6. The van der Waals surface area contributed by atoms with Crippen LogP contribution in [0.3, 0.4) is 0 Å². The Morgan fingerprint density at radius 3 is 1.62 bits per heavy atom. The molecular weight excluding hydrogens is 703 g/mol. The Morgan fingerprint density at radius 2 is 0.893 bits per heavy atom. The van der Waals surface area contributed by atoms with Gasteiger partial charge in [-0.1, -0.05) is 158 Å². The number of thiophene rings is 1. The lowest BCUT2D eigenvalue weighted by molar-refractivity contribution is 0.669. The van der Waals surface area contributed by atoms with Crippen LogP contribution in [0.25, 0.3) is 110 Å². The molecule has 0 fully saturated rings. The topological polar surface area (TPSA) is 51.8 Å². The number of rotatable bonds is 6. The van der Waals surface area contributed by atoms with Crippen molar-refractivity contribution in [3.05, 3.63) is 188 Å². The molecule has 0 aliphatic rings. The number of hydrogen-bond donors (Lipinski definition) is 0. The minimum atomic E-state index is 0.593. The Balaban J connectivity index is 1.000. The van der Waals surface area contributed by atoms with Crippen LogP contribution in [-0.2, 0) is 0 Å². The summed E-state index contributed by atoms with van der Waals surface area (Å²) in [5, 5.41) is 4.72. The molecule has 0 saturated heterocycles. The molecule has 11 aromatic rings. The van der Waals surface area contributed by atoms with E-state index in [1.54, 1.807) is 0 Å². The number of benzene rings is 8.